The van der Waals surface area contributed by atoms with Crippen LogP contribution >= 0.6 is 11.8 Å². The van der Waals surface area contributed by atoms with Crippen molar-refractivity contribution < 1.29 is 9.50 Å². The molecule has 1 unspecified atom stereocenters. The zero-order valence-corrected chi connectivity index (χ0v) is 9.77. The second-order valence-corrected chi connectivity index (χ2v) is 4.84. The summed E-state index contributed by atoms with van der Waals surface area (Å²) in [6.45, 7) is 3.67. The molecule has 0 aliphatic carbocycles. The van der Waals surface area contributed by atoms with Gasteiger partial charge in [-0.05, 0) is 31.5 Å². The fourth-order valence-corrected chi connectivity index (χ4v) is 2.07. The Bertz CT molecular complexity index is 341. The number of nitrogens with two attached hydrogens (primary N) is 1. The second-order valence-electron chi connectivity index (χ2n) is 3.82. The number of hydrogen-bond donors (Lipinski definition) is 2. The molecule has 0 aromatic heterocycles. The monoisotopic (exact) mass is 229 g/mol. The van der Waals surface area contributed by atoms with Gasteiger partial charge in [0, 0.05) is 16.3 Å². The molecule has 0 bridgehead atoms. The van der Waals surface area contributed by atoms with Crippen LogP contribution in [0.3, 0.4) is 0 Å². The third kappa shape index (κ3) is 3.72. The molecule has 2 nitrogen and oxygen atoms in total. The Hall–Kier alpha value is -0.740. The predicted molar refractivity (Wildman–Crippen MR) is 62.5 cm³/mol. The molecule has 3 N–H and O–H groups in total. The molecule has 0 heterocycles. The van der Waals surface area contributed by atoms with Crippen LogP contribution in [0.15, 0.2) is 23.1 Å². The number of rotatable bonds is 4. The second kappa shape index (κ2) is 4.86. The lowest BCUT2D eigenvalue weighted by Crippen LogP contribution is -2.25. The standard InChI is InChI=1S/C11H16FNOS/c1-3-11(2,14)7-15-10-6-8(12)4-5-9(10)13/h4-6,14H,3,7,13H2,1-2H3. The Morgan fingerprint density at radius 1 is 1.53 bits per heavy atom. The van der Waals surface area contributed by atoms with Crippen LogP contribution < -0.4 is 5.73 Å². The minimum Gasteiger partial charge on any atom is -0.398 e. The number of hydrogen-bond acceptors (Lipinski definition) is 3. The summed E-state index contributed by atoms with van der Waals surface area (Å²) in [6.07, 6.45) is 0.662. The van der Waals surface area contributed by atoms with Gasteiger partial charge in [0.15, 0.2) is 0 Å². The minimum absolute atomic E-state index is 0.303. The zero-order chi connectivity index (χ0) is 11.5. The maximum absolute atomic E-state index is 12.9. The number of thioether (sulfide) groups is 1. The molecule has 0 radical (unpaired) electrons. The summed E-state index contributed by atoms with van der Waals surface area (Å²) in [5, 5.41) is 9.79. The van der Waals surface area contributed by atoms with E-state index in [1.807, 2.05) is 6.92 Å². The van der Waals surface area contributed by atoms with Crippen molar-refractivity contribution in [1.29, 1.82) is 0 Å². The van der Waals surface area contributed by atoms with E-state index in [1.54, 1.807) is 13.0 Å². The first-order valence-electron chi connectivity index (χ1n) is 4.85. The first-order chi connectivity index (χ1) is 6.94. The quantitative estimate of drug-likeness (QED) is 0.616. The van der Waals surface area contributed by atoms with Crippen molar-refractivity contribution in [3.63, 3.8) is 0 Å². The van der Waals surface area contributed by atoms with E-state index >= 15 is 0 Å². The summed E-state index contributed by atoms with van der Waals surface area (Å²) in [5.41, 5.74) is 5.51. The Morgan fingerprint density at radius 3 is 2.80 bits per heavy atom. The maximum Gasteiger partial charge on any atom is 0.124 e. The summed E-state index contributed by atoms with van der Waals surface area (Å²) in [5.74, 6) is 0.208. The van der Waals surface area contributed by atoms with Gasteiger partial charge in [0.1, 0.15) is 5.82 Å². The summed E-state index contributed by atoms with van der Waals surface area (Å²) in [4.78, 5) is 0.684. The van der Waals surface area contributed by atoms with Crippen molar-refractivity contribution in [2.45, 2.75) is 30.8 Å². The highest BCUT2D eigenvalue weighted by Crippen LogP contribution is 2.29. The fourth-order valence-electron chi connectivity index (χ4n) is 0.968. The molecule has 1 atom stereocenters. The first kappa shape index (κ1) is 12.3. The molecule has 0 fully saturated rings. The van der Waals surface area contributed by atoms with Gasteiger partial charge in [-0.2, -0.15) is 0 Å². The normalized spacial score (nSPS) is 14.9. The Kier molecular flexibility index (Phi) is 3.99. The molecular weight excluding hydrogens is 213 g/mol. The van der Waals surface area contributed by atoms with Gasteiger partial charge in [0.05, 0.1) is 5.60 Å². The lowest BCUT2D eigenvalue weighted by molar-refractivity contribution is 0.0816. The Morgan fingerprint density at radius 2 is 2.20 bits per heavy atom. The van der Waals surface area contributed by atoms with Crippen LogP contribution in [0.1, 0.15) is 20.3 Å². The van der Waals surface area contributed by atoms with Crippen molar-refractivity contribution >= 4 is 17.4 Å². The van der Waals surface area contributed by atoms with Crippen LogP contribution in [0, 0.1) is 5.82 Å². The Balaban J connectivity index is 2.69. The number of benzene rings is 1. The van der Waals surface area contributed by atoms with E-state index in [2.05, 4.69) is 0 Å². The molecule has 15 heavy (non-hydrogen) atoms. The van der Waals surface area contributed by atoms with E-state index in [4.69, 9.17) is 5.73 Å². The average molecular weight is 229 g/mol. The third-order valence-corrected chi connectivity index (χ3v) is 3.71. The van der Waals surface area contributed by atoms with Crippen LogP contribution in [0.25, 0.3) is 0 Å². The van der Waals surface area contributed by atoms with Gasteiger partial charge in [0.2, 0.25) is 0 Å². The minimum atomic E-state index is -0.733. The molecule has 84 valence electrons. The van der Waals surface area contributed by atoms with Crippen molar-refractivity contribution in [3.05, 3.63) is 24.0 Å². The Labute approximate surface area is 93.7 Å². The van der Waals surface area contributed by atoms with Gasteiger partial charge < -0.3 is 10.8 Å². The molecule has 0 spiro atoms. The third-order valence-electron chi connectivity index (χ3n) is 2.28. The van der Waals surface area contributed by atoms with Gasteiger partial charge in [-0.15, -0.1) is 11.8 Å². The largest absolute Gasteiger partial charge is 0.398 e. The molecule has 0 amide bonds. The molecule has 1 rings (SSSR count). The van der Waals surface area contributed by atoms with Crippen LogP contribution in [0.4, 0.5) is 10.1 Å². The van der Waals surface area contributed by atoms with Gasteiger partial charge in [-0.3, -0.25) is 0 Å². The maximum atomic E-state index is 12.9. The van der Waals surface area contributed by atoms with E-state index in [-0.39, 0.29) is 5.82 Å². The van der Waals surface area contributed by atoms with Crippen LogP contribution in [-0.4, -0.2) is 16.5 Å². The molecule has 0 aliphatic rings. The van der Waals surface area contributed by atoms with E-state index in [0.717, 1.165) is 0 Å². The number of aliphatic hydroxyl groups is 1. The summed E-state index contributed by atoms with van der Waals surface area (Å²) in [6, 6.07) is 4.27. The van der Waals surface area contributed by atoms with Crippen LogP contribution in [0.5, 0.6) is 0 Å². The highest BCUT2D eigenvalue weighted by atomic mass is 32.2. The van der Waals surface area contributed by atoms with Gasteiger partial charge >= 0.3 is 0 Å². The van der Waals surface area contributed by atoms with Gasteiger partial charge in [-0.25, -0.2) is 4.39 Å². The highest BCUT2D eigenvalue weighted by Gasteiger charge is 2.18. The van der Waals surface area contributed by atoms with Gasteiger partial charge in [0.25, 0.3) is 0 Å². The zero-order valence-electron chi connectivity index (χ0n) is 8.96. The van der Waals surface area contributed by atoms with Crippen molar-refractivity contribution in [2.24, 2.45) is 0 Å². The first-order valence-corrected chi connectivity index (χ1v) is 5.83. The van der Waals surface area contributed by atoms with E-state index < -0.39 is 5.60 Å². The molecule has 1 aromatic rings. The van der Waals surface area contributed by atoms with E-state index in [0.29, 0.717) is 22.8 Å². The van der Waals surface area contributed by atoms with Crippen molar-refractivity contribution in [3.8, 4) is 0 Å². The number of anilines is 1. The van der Waals surface area contributed by atoms with Crippen molar-refractivity contribution in [2.75, 3.05) is 11.5 Å². The predicted octanol–water partition coefficient (Wildman–Crippen LogP) is 2.66. The van der Waals surface area contributed by atoms with E-state index in [9.17, 15) is 9.50 Å². The summed E-state index contributed by atoms with van der Waals surface area (Å²) < 4.78 is 12.9. The average Bonchev–Trinajstić information content (AvgIpc) is 2.20. The molecule has 0 saturated carbocycles. The molecule has 1 aromatic carbocycles. The summed E-state index contributed by atoms with van der Waals surface area (Å²) in [7, 11) is 0. The van der Waals surface area contributed by atoms with Gasteiger partial charge in [-0.1, -0.05) is 6.92 Å². The lowest BCUT2D eigenvalue weighted by Gasteiger charge is -2.20. The van der Waals surface area contributed by atoms with E-state index in [1.165, 1.54) is 23.9 Å². The molecular formula is C11H16FNOS. The summed E-state index contributed by atoms with van der Waals surface area (Å²) >= 11 is 1.38. The SMILES string of the molecule is CCC(C)(O)CSc1cc(F)ccc1N. The highest BCUT2D eigenvalue weighted by molar-refractivity contribution is 7.99. The number of halogens is 1. The van der Waals surface area contributed by atoms with Crippen LogP contribution in [-0.2, 0) is 0 Å². The van der Waals surface area contributed by atoms with Crippen molar-refractivity contribution in [1.82, 2.24) is 0 Å². The topological polar surface area (TPSA) is 46.2 Å². The molecule has 0 saturated heterocycles. The molecule has 4 heteroatoms. The smallest absolute Gasteiger partial charge is 0.124 e. The van der Waals surface area contributed by atoms with Crippen LogP contribution in [0.2, 0.25) is 0 Å². The number of nitrogen functional groups attached to an aromatic ring is 1. The fraction of sp³-hybridized carbons (Fsp3) is 0.455. The lowest BCUT2D eigenvalue weighted by atomic mass is 10.1. The molecule has 0 aliphatic heterocycles.